The zero-order chi connectivity index (χ0) is 10.4. The largest absolute Gasteiger partial charge is 0.347 e. The van der Waals surface area contributed by atoms with Crippen molar-refractivity contribution in [2.75, 3.05) is 6.54 Å². The van der Waals surface area contributed by atoms with Gasteiger partial charge in [-0.25, -0.2) is 0 Å². The second-order valence-electron chi connectivity index (χ2n) is 4.38. The molecular weight excluding hydrogens is 184 g/mol. The summed E-state index contributed by atoms with van der Waals surface area (Å²) in [7, 11) is 2.19. The van der Waals surface area contributed by atoms with E-state index < -0.39 is 0 Å². The SMILES string of the molecule is Cc1cccc2c1c1c(n2C)CCNC1. The molecule has 0 spiro atoms. The summed E-state index contributed by atoms with van der Waals surface area (Å²) >= 11 is 0. The Morgan fingerprint density at radius 3 is 3.07 bits per heavy atom. The molecule has 78 valence electrons. The molecule has 1 aromatic heterocycles. The maximum Gasteiger partial charge on any atom is 0.0485 e. The summed E-state index contributed by atoms with van der Waals surface area (Å²) in [6, 6.07) is 6.58. The van der Waals surface area contributed by atoms with Crippen LogP contribution in [0.15, 0.2) is 18.2 Å². The molecule has 1 aliphatic rings. The number of nitrogens with zero attached hydrogens (tertiary/aromatic N) is 1. The first-order valence-corrected chi connectivity index (χ1v) is 5.55. The first-order valence-electron chi connectivity index (χ1n) is 5.55. The second-order valence-corrected chi connectivity index (χ2v) is 4.38. The van der Waals surface area contributed by atoms with E-state index in [4.69, 9.17) is 0 Å². The first-order chi connectivity index (χ1) is 7.29. The Labute approximate surface area is 89.9 Å². The molecule has 3 rings (SSSR count). The van der Waals surface area contributed by atoms with Gasteiger partial charge in [-0.2, -0.15) is 0 Å². The molecule has 2 nitrogen and oxygen atoms in total. The highest BCUT2D eigenvalue weighted by Crippen LogP contribution is 2.29. The van der Waals surface area contributed by atoms with E-state index in [0.717, 1.165) is 19.5 Å². The van der Waals surface area contributed by atoms with Gasteiger partial charge in [-0.15, -0.1) is 0 Å². The Hall–Kier alpha value is -1.28. The lowest BCUT2D eigenvalue weighted by molar-refractivity contribution is 0.622. The van der Waals surface area contributed by atoms with Crippen molar-refractivity contribution >= 4 is 10.9 Å². The van der Waals surface area contributed by atoms with Crippen molar-refractivity contribution < 1.29 is 0 Å². The molecule has 0 bridgehead atoms. The molecule has 1 N–H and O–H groups in total. The molecule has 2 aromatic rings. The minimum Gasteiger partial charge on any atom is -0.347 e. The van der Waals surface area contributed by atoms with Crippen LogP contribution in [0.1, 0.15) is 16.8 Å². The van der Waals surface area contributed by atoms with E-state index in [0.29, 0.717) is 0 Å². The van der Waals surface area contributed by atoms with Crippen LogP contribution in [0, 0.1) is 6.92 Å². The van der Waals surface area contributed by atoms with E-state index in [1.807, 2.05) is 0 Å². The Morgan fingerprint density at radius 2 is 2.20 bits per heavy atom. The zero-order valence-electron chi connectivity index (χ0n) is 9.30. The van der Waals surface area contributed by atoms with Gasteiger partial charge in [0.25, 0.3) is 0 Å². The van der Waals surface area contributed by atoms with Crippen molar-refractivity contribution in [1.82, 2.24) is 9.88 Å². The quantitative estimate of drug-likeness (QED) is 0.689. The van der Waals surface area contributed by atoms with Crippen molar-refractivity contribution in [2.24, 2.45) is 7.05 Å². The van der Waals surface area contributed by atoms with Crippen molar-refractivity contribution in [2.45, 2.75) is 19.9 Å². The fraction of sp³-hybridized carbons (Fsp3) is 0.385. The summed E-state index contributed by atoms with van der Waals surface area (Å²) < 4.78 is 2.36. The summed E-state index contributed by atoms with van der Waals surface area (Å²) in [5.74, 6) is 0. The van der Waals surface area contributed by atoms with Crippen molar-refractivity contribution in [3.05, 3.63) is 35.0 Å². The number of hydrogen-bond acceptors (Lipinski definition) is 1. The average molecular weight is 200 g/mol. The predicted molar refractivity (Wildman–Crippen MR) is 63.1 cm³/mol. The van der Waals surface area contributed by atoms with Crippen LogP contribution in [0.25, 0.3) is 10.9 Å². The molecule has 2 heterocycles. The lowest BCUT2D eigenvalue weighted by Gasteiger charge is -2.14. The van der Waals surface area contributed by atoms with Gasteiger partial charge >= 0.3 is 0 Å². The summed E-state index contributed by atoms with van der Waals surface area (Å²) in [5.41, 5.74) is 5.80. The molecule has 1 aliphatic heterocycles. The van der Waals surface area contributed by atoms with Gasteiger partial charge in [-0.1, -0.05) is 12.1 Å². The molecule has 0 atom stereocenters. The molecule has 0 saturated heterocycles. The molecule has 15 heavy (non-hydrogen) atoms. The van der Waals surface area contributed by atoms with Gasteiger partial charge in [0, 0.05) is 43.2 Å². The third-order valence-electron chi connectivity index (χ3n) is 3.51. The minimum absolute atomic E-state index is 1.03. The molecule has 1 aromatic carbocycles. The summed E-state index contributed by atoms with van der Waals surface area (Å²) in [5, 5.41) is 4.92. The number of hydrogen-bond donors (Lipinski definition) is 1. The molecule has 0 amide bonds. The van der Waals surface area contributed by atoms with Crippen molar-refractivity contribution in [3.8, 4) is 0 Å². The lowest BCUT2D eigenvalue weighted by Crippen LogP contribution is -2.24. The van der Waals surface area contributed by atoms with Crippen LogP contribution in [-0.2, 0) is 20.0 Å². The van der Waals surface area contributed by atoms with Crippen LogP contribution in [0.2, 0.25) is 0 Å². The second kappa shape index (κ2) is 3.11. The average Bonchev–Trinajstić information content (AvgIpc) is 2.55. The molecule has 0 saturated carbocycles. The van der Waals surface area contributed by atoms with E-state index >= 15 is 0 Å². The smallest absolute Gasteiger partial charge is 0.0485 e. The van der Waals surface area contributed by atoms with E-state index in [1.54, 1.807) is 0 Å². The van der Waals surface area contributed by atoms with Crippen LogP contribution in [-0.4, -0.2) is 11.1 Å². The van der Waals surface area contributed by atoms with E-state index in [1.165, 1.54) is 27.7 Å². The number of benzene rings is 1. The highest BCUT2D eigenvalue weighted by Gasteiger charge is 2.18. The number of fused-ring (bicyclic) bond motifs is 3. The van der Waals surface area contributed by atoms with Gasteiger partial charge in [0.15, 0.2) is 0 Å². The Bertz CT molecular complexity index is 523. The molecule has 0 radical (unpaired) electrons. The van der Waals surface area contributed by atoms with Crippen LogP contribution in [0.4, 0.5) is 0 Å². The van der Waals surface area contributed by atoms with Crippen molar-refractivity contribution in [3.63, 3.8) is 0 Å². The number of rotatable bonds is 0. The Balaban J connectivity index is 2.44. The van der Waals surface area contributed by atoms with Gasteiger partial charge < -0.3 is 9.88 Å². The monoisotopic (exact) mass is 200 g/mol. The third kappa shape index (κ3) is 1.15. The molecule has 0 unspecified atom stereocenters. The molecule has 2 heteroatoms. The lowest BCUT2D eigenvalue weighted by atomic mass is 10.0. The van der Waals surface area contributed by atoms with Crippen molar-refractivity contribution in [1.29, 1.82) is 0 Å². The van der Waals surface area contributed by atoms with Gasteiger partial charge in [0.05, 0.1) is 0 Å². The maximum atomic E-state index is 3.46. The first kappa shape index (κ1) is 8.98. The van der Waals surface area contributed by atoms with E-state index in [9.17, 15) is 0 Å². The topological polar surface area (TPSA) is 17.0 Å². The van der Waals surface area contributed by atoms with E-state index in [2.05, 4.69) is 42.1 Å². The van der Waals surface area contributed by atoms with Gasteiger partial charge in [0.2, 0.25) is 0 Å². The third-order valence-corrected chi connectivity index (χ3v) is 3.51. The zero-order valence-corrected chi connectivity index (χ0v) is 9.30. The number of aryl methyl sites for hydroxylation is 2. The summed E-state index contributed by atoms with van der Waals surface area (Å²) in [6.45, 7) is 4.34. The molecular formula is C13H16N2. The summed E-state index contributed by atoms with van der Waals surface area (Å²) in [4.78, 5) is 0. The number of nitrogens with one attached hydrogen (secondary N) is 1. The van der Waals surface area contributed by atoms with Crippen LogP contribution in [0.5, 0.6) is 0 Å². The minimum atomic E-state index is 1.03. The number of aromatic nitrogens is 1. The molecule has 0 aliphatic carbocycles. The highest BCUT2D eigenvalue weighted by molar-refractivity contribution is 5.88. The standard InChI is InChI=1S/C13H16N2/c1-9-4-3-5-12-13(9)10-8-14-7-6-11(10)15(12)2/h3-5,14H,6-8H2,1-2H3. The van der Waals surface area contributed by atoms with Gasteiger partial charge in [-0.05, 0) is 24.1 Å². The highest BCUT2D eigenvalue weighted by atomic mass is 15.0. The maximum absolute atomic E-state index is 3.46. The van der Waals surface area contributed by atoms with Gasteiger partial charge in [-0.3, -0.25) is 0 Å². The summed E-state index contributed by atoms with van der Waals surface area (Å²) in [6.07, 6.45) is 1.15. The Morgan fingerprint density at radius 1 is 1.33 bits per heavy atom. The van der Waals surface area contributed by atoms with Crippen LogP contribution >= 0.6 is 0 Å². The van der Waals surface area contributed by atoms with Crippen LogP contribution < -0.4 is 5.32 Å². The fourth-order valence-electron chi connectivity index (χ4n) is 2.75. The Kier molecular flexibility index (Phi) is 1.86. The molecule has 0 fully saturated rings. The van der Waals surface area contributed by atoms with Gasteiger partial charge in [0.1, 0.15) is 0 Å². The fourth-order valence-corrected chi connectivity index (χ4v) is 2.75. The normalized spacial score (nSPS) is 15.6. The predicted octanol–water partition coefficient (Wildman–Crippen LogP) is 2.13. The van der Waals surface area contributed by atoms with E-state index in [-0.39, 0.29) is 0 Å². The van der Waals surface area contributed by atoms with Crippen LogP contribution in [0.3, 0.4) is 0 Å².